The molecular formula is C15H19N3O3. The molecule has 0 heterocycles. The Morgan fingerprint density at radius 3 is 2.62 bits per heavy atom. The summed E-state index contributed by atoms with van der Waals surface area (Å²) in [6, 6.07) is 6.71. The number of nitrogens with zero attached hydrogens (tertiary/aromatic N) is 2. The Kier molecular flexibility index (Phi) is 5.73. The molecule has 21 heavy (non-hydrogen) atoms. The van der Waals surface area contributed by atoms with Crippen molar-refractivity contribution < 1.29 is 14.7 Å². The molecule has 0 radical (unpaired) electrons. The number of amides is 2. The van der Waals surface area contributed by atoms with Gasteiger partial charge in [-0.25, -0.2) is 4.79 Å². The van der Waals surface area contributed by atoms with E-state index in [9.17, 15) is 9.59 Å². The second kappa shape index (κ2) is 7.29. The molecule has 0 aliphatic rings. The van der Waals surface area contributed by atoms with Gasteiger partial charge in [-0.15, -0.1) is 0 Å². The average molecular weight is 289 g/mol. The second-order valence-corrected chi connectivity index (χ2v) is 4.97. The number of carbonyl (C=O) groups is 2. The maximum atomic E-state index is 12.3. The smallest absolute Gasteiger partial charge is 0.322 e. The fourth-order valence-corrected chi connectivity index (χ4v) is 1.92. The van der Waals surface area contributed by atoms with Crippen molar-refractivity contribution in [3.05, 3.63) is 29.3 Å². The van der Waals surface area contributed by atoms with Gasteiger partial charge in [-0.2, -0.15) is 5.26 Å². The van der Waals surface area contributed by atoms with Crippen LogP contribution in [0.4, 0.5) is 10.5 Å². The molecule has 0 fully saturated rings. The number of anilines is 1. The number of aliphatic carboxylic acids is 1. The minimum absolute atomic E-state index is 0.118. The summed E-state index contributed by atoms with van der Waals surface area (Å²) in [6.07, 6.45) is -0.121. The Labute approximate surface area is 124 Å². The van der Waals surface area contributed by atoms with Crippen molar-refractivity contribution >= 4 is 17.7 Å². The molecule has 0 saturated carbocycles. The maximum absolute atomic E-state index is 12.3. The maximum Gasteiger partial charge on any atom is 0.322 e. The molecule has 2 N–H and O–H groups in total. The molecule has 0 aromatic heterocycles. The van der Waals surface area contributed by atoms with E-state index >= 15 is 0 Å². The van der Waals surface area contributed by atoms with Gasteiger partial charge in [0.25, 0.3) is 0 Å². The standard InChI is InChI=1S/C15H19N3O3/c1-10(2)18(8-7-14(19)20)15(21)17-13-6-4-5-11(3)12(13)9-16/h4-6,10H,7-8H2,1-3H3,(H,17,21)(H,19,20). The number of nitrogens with one attached hydrogen (secondary N) is 1. The predicted molar refractivity (Wildman–Crippen MR) is 79.0 cm³/mol. The average Bonchev–Trinajstić information content (AvgIpc) is 2.38. The Balaban J connectivity index is 2.90. The first-order valence-electron chi connectivity index (χ1n) is 6.66. The lowest BCUT2D eigenvalue weighted by Crippen LogP contribution is -2.41. The number of hydrogen-bond acceptors (Lipinski definition) is 3. The highest BCUT2D eigenvalue weighted by Gasteiger charge is 2.19. The zero-order valence-electron chi connectivity index (χ0n) is 12.4. The number of nitriles is 1. The zero-order valence-corrected chi connectivity index (χ0v) is 12.4. The number of hydrogen-bond donors (Lipinski definition) is 2. The lowest BCUT2D eigenvalue weighted by Gasteiger charge is -2.26. The van der Waals surface area contributed by atoms with E-state index in [4.69, 9.17) is 10.4 Å². The van der Waals surface area contributed by atoms with Gasteiger partial charge in [0.05, 0.1) is 17.7 Å². The molecule has 1 aromatic rings. The monoisotopic (exact) mass is 289 g/mol. The van der Waals surface area contributed by atoms with E-state index in [1.54, 1.807) is 25.1 Å². The number of carboxylic acids is 1. The molecule has 6 heteroatoms. The van der Waals surface area contributed by atoms with Gasteiger partial charge >= 0.3 is 12.0 Å². The van der Waals surface area contributed by atoms with E-state index in [1.807, 2.05) is 13.8 Å². The SMILES string of the molecule is Cc1cccc(NC(=O)N(CCC(=O)O)C(C)C)c1C#N. The number of aryl methyl sites for hydroxylation is 1. The highest BCUT2D eigenvalue weighted by molar-refractivity contribution is 5.91. The molecule has 0 atom stereocenters. The molecule has 6 nitrogen and oxygen atoms in total. The van der Waals surface area contributed by atoms with E-state index in [-0.39, 0.29) is 19.0 Å². The van der Waals surface area contributed by atoms with Gasteiger partial charge in [-0.05, 0) is 32.4 Å². The van der Waals surface area contributed by atoms with Crippen LogP contribution in [0.5, 0.6) is 0 Å². The lowest BCUT2D eigenvalue weighted by atomic mass is 10.1. The largest absolute Gasteiger partial charge is 0.481 e. The van der Waals surface area contributed by atoms with Gasteiger partial charge in [0, 0.05) is 12.6 Å². The molecule has 0 aliphatic carbocycles. The predicted octanol–water partition coefficient (Wildman–Crippen LogP) is 2.58. The van der Waals surface area contributed by atoms with Crippen molar-refractivity contribution in [2.45, 2.75) is 33.2 Å². The van der Waals surface area contributed by atoms with Crippen molar-refractivity contribution in [3.63, 3.8) is 0 Å². The lowest BCUT2D eigenvalue weighted by molar-refractivity contribution is -0.137. The molecule has 1 rings (SSSR count). The van der Waals surface area contributed by atoms with E-state index in [1.165, 1.54) is 4.90 Å². The van der Waals surface area contributed by atoms with Crippen molar-refractivity contribution in [1.82, 2.24) is 4.90 Å². The third kappa shape index (κ3) is 4.49. The van der Waals surface area contributed by atoms with Crippen LogP contribution >= 0.6 is 0 Å². The second-order valence-electron chi connectivity index (χ2n) is 4.97. The molecule has 112 valence electrons. The van der Waals surface area contributed by atoms with Crippen molar-refractivity contribution in [2.24, 2.45) is 0 Å². The Morgan fingerprint density at radius 2 is 2.10 bits per heavy atom. The van der Waals surface area contributed by atoms with Crippen molar-refractivity contribution in [1.29, 1.82) is 5.26 Å². The third-order valence-electron chi connectivity index (χ3n) is 3.08. The van der Waals surface area contributed by atoms with Crippen LogP contribution in [0.15, 0.2) is 18.2 Å². The topological polar surface area (TPSA) is 93.4 Å². The fraction of sp³-hybridized carbons (Fsp3) is 0.400. The van der Waals surface area contributed by atoms with E-state index in [2.05, 4.69) is 11.4 Å². The summed E-state index contributed by atoms with van der Waals surface area (Å²) in [5.41, 5.74) is 1.62. The number of carbonyl (C=O) groups excluding carboxylic acids is 1. The molecule has 0 saturated heterocycles. The summed E-state index contributed by atoms with van der Waals surface area (Å²) in [4.78, 5) is 24.3. The van der Waals surface area contributed by atoms with Crippen LogP contribution < -0.4 is 5.32 Å². The first-order chi connectivity index (χ1) is 9.86. The minimum Gasteiger partial charge on any atom is -0.481 e. The van der Waals surface area contributed by atoms with Gasteiger partial charge < -0.3 is 15.3 Å². The normalized spacial score (nSPS) is 10.0. The van der Waals surface area contributed by atoms with Gasteiger partial charge in [0.1, 0.15) is 6.07 Å². The first-order valence-corrected chi connectivity index (χ1v) is 6.66. The van der Waals surface area contributed by atoms with Crippen LogP contribution in [0.25, 0.3) is 0 Å². The summed E-state index contributed by atoms with van der Waals surface area (Å²) in [5.74, 6) is -0.957. The molecule has 1 aromatic carbocycles. The summed E-state index contributed by atoms with van der Waals surface area (Å²) >= 11 is 0. The van der Waals surface area contributed by atoms with E-state index in [0.29, 0.717) is 11.3 Å². The first kappa shape index (κ1) is 16.5. The van der Waals surface area contributed by atoms with Gasteiger partial charge in [-0.3, -0.25) is 4.79 Å². The molecule has 2 amide bonds. The molecule has 0 unspecified atom stereocenters. The van der Waals surface area contributed by atoms with Crippen LogP contribution in [-0.4, -0.2) is 34.6 Å². The van der Waals surface area contributed by atoms with E-state index < -0.39 is 12.0 Å². The van der Waals surface area contributed by atoms with Crippen molar-refractivity contribution in [2.75, 3.05) is 11.9 Å². The molecule has 0 aliphatic heterocycles. The van der Waals surface area contributed by atoms with Crippen LogP contribution in [0, 0.1) is 18.3 Å². The van der Waals surface area contributed by atoms with Gasteiger partial charge in [-0.1, -0.05) is 12.1 Å². The quantitative estimate of drug-likeness (QED) is 0.871. The number of carboxylic acid groups (broad SMARTS) is 1. The van der Waals surface area contributed by atoms with Gasteiger partial charge in [0.2, 0.25) is 0 Å². The number of urea groups is 1. The minimum atomic E-state index is -0.957. The summed E-state index contributed by atoms with van der Waals surface area (Å²) in [5, 5.41) is 20.6. The Bertz CT molecular complexity index is 576. The highest BCUT2D eigenvalue weighted by Crippen LogP contribution is 2.19. The van der Waals surface area contributed by atoms with Gasteiger partial charge in [0.15, 0.2) is 0 Å². The Morgan fingerprint density at radius 1 is 1.43 bits per heavy atom. The number of rotatable bonds is 5. The zero-order chi connectivity index (χ0) is 16.0. The van der Waals surface area contributed by atoms with E-state index in [0.717, 1.165) is 5.56 Å². The molecule has 0 spiro atoms. The Hall–Kier alpha value is -2.55. The van der Waals surface area contributed by atoms with Crippen LogP contribution in [0.2, 0.25) is 0 Å². The highest BCUT2D eigenvalue weighted by atomic mass is 16.4. The summed E-state index contributed by atoms with van der Waals surface area (Å²) < 4.78 is 0. The van der Waals surface area contributed by atoms with Crippen molar-refractivity contribution in [3.8, 4) is 6.07 Å². The van der Waals surface area contributed by atoms with Crippen LogP contribution in [0.1, 0.15) is 31.4 Å². The molecular weight excluding hydrogens is 270 g/mol. The number of benzene rings is 1. The summed E-state index contributed by atoms with van der Waals surface area (Å²) in [7, 11) is 0. The van der Waals surface area contributed by atoms with Crippen LogP contribution in [-0.2, 0) is 4.79 Å². The summed E-state index contributed by atoms with van der Waals surface area (Å²) in [6.45, 7) is 5.52. The van der Waals surface area contributed by atoms with Crippen LogP contribution in [0.3, 0.4) is 0 Å². The fourth-order valence-electron chi connectivity index (χ4n) is 1.92. The molecule has 0 bridgehead atoms. The third-order valence-corrected chi connectivity index (χ3v) is 3.08.